The van der Waals surface area contributed by atoms with E-state index in [-0.39, 0.29) is 6.04 Å². The van der Waals surface area contributed by atoms with Crippen molar-refractivity contribution in [1.82, 2.24) is 15.1 Å². The Bertz CT molecular complexity index is 830. The molecular weight excluding hydrogens is 316 g/mol. The fourth-order valence-electron chi connectivity index (χ4n) is 2.60. The van der Waals surface area contributed by atoms with Crippen molar-refractivity contribution in [1.29, 1.82) is 5.26 Å². The van der Waals surface area contributed by atoms with Gasteiger partial charge in [0.1, 0.15) is 0 Å². The number of Topliss-reactive ketones (excluding diaryl/α,β-unsaturated/α-hetero) is 1. The van der Waals surface area contributed by atoms with E-state index in [4.69, 9.17) is 0 Å². The second kappa shape index (κ2) is 7.75. The van der Waals surface area contributed by atoms with Gasteiger partial charge in [0.2, 0.25) is 5.91 Å². The summed E-state index contributed by atoms with van der Waals surface area (Å²) in [6, 6.07) is 10.6. The topological polar surface area (TPSA) is 87.8 Å². The van der Waals surface area contributed by atoms with Gasteiger partial charge in [0, 0.05) is 17.3 Å². The van der Waals surface area contributed by atoms with E-state index >= 15 is 0 Å². The number of nitrogens with one attached hydrogen (secondary N) is 1. The highest BCUT2D eigenvalue weighted by atomic mass is 16.2. The number of benzene rings is 1. The minimum absolute atomic E-state index is 0.131. The van der Waals surface area contributed by atoms with E-state index in [2.05, 4.69) is 10.4 Å². The summed E-state index contributed by atoms with van der Waals surface area (Å²) >= 11 is 0. The number of nitrogens with zero attached hydrogens (tertiary/aromatic N) is 3. The summed E-state index contributed by atoms with van der Waals surface area (Å²) in [7, 11) is 0. The summed E-state index contributed by atoms with van der Waals surface area (Å²) in [5, 5.41) is 16.3. The number of aryl methyl sites for hydroxylation is 2. The Morgan fingerprint density at radius 3 is 2.56 bits per heavy atom. The molecule has 0 saturated heterocycles. The molecule has 0 spiro atoms. The molecule has 0 radical (unpaired) electrons. The molecule has 2 aromatic rings. The molecule has 6 nitrogen and oxygen atoms in total. The van der Waals surface area contributed by atoms with E-state index in [1.54, 1.807) is 32.0 Å². The Hall–Kier alpha value is -2.94. The zero-order chi connectivity index (χ0) is 18.6. The molecule has 0 fully saturated rings. The van der Waals surface area contributed by atoms with Crippen molar-refractivity contribution in [2.45, 2.75) is 40.3 Å². The van der Waals surface area contributed by atoms with E-state index < -0.39 is 17.6 Å². The lowest BCUT2D eigenvalue weighted by molar-refractivity contribution is -0.122. The normalized spacial score (nSPS) is 11.8. The smallest absolute Gasteiger partial charge is 0.245 e. The highest BCUT2D eigenvalue weighted by Crippen LogP contribution is 2.14. The number of carbonyl (C=O) groups excluding carboxylic acids is 2. The lowest BCUT2D eigenvalue weighted by atomic mass is 9.96. The number of ketones is 1. The van der Waals surface area contributed by atoms with E-state index in [0.29, 0.717) is 12.1 Å². The van der Waals surface area contributed by atoms with Crippen LogP contribution >= 0.6 is 0 Å². The first-order valence-corrected chi connectivity index (χ1v) is 8.16. The summed E-state index contributed by atoms with van der Waals surface area (Å²) < 4.78 is 1.85. The molecule has 0 bridgehead atoms. The highest BCUT2D eigenvalue weighted by molar-refractivity contribution is 6.12. The van der Waals surface area contributed by atoms with Gasteiger partial charge in [-0.25, -0.2) is 0 Å². The number of hydrogen-bond acceptors (Lipinski definition) is 4. The molecule has 1 aromatic heterocycles. The summed E-state index contributed by atoms with van der Waals surface area (Å²) in [5.41, 5.74) is 3.20. The van der Waals surface area contributed by atoms with Crippen LogP contribution in [0.3, 0.4) is 0 Å². The first kappa shape index (κ1) is 18.4. The van der Waals surface area contributed by atoms with Gasteiger partial charge in [-0.15, -0.1) is 0 Å². The third kappa shape index (κ3) is 4.54. The maximum Gasteiger partial charge on any atom is 0.245 e. The fraction of sp³-hybridized carbons (Fsp3) is 0.368. The number of carbonyl (C=O) groups is 2. The van der Waals surface area contributed by atoms with Crippen LogP contribution in [0.2, 0.25) is 0 Å². The predicted octanol–water partition coefficient (Wildman–Crippen LogP) is 2.40. The van der Waals surface area contributed by atoms with Crippen LogP contribution in [0.15, 0.2) is 30.3 Å². The third-order valence-corrected chi connectivity index (χ3v) is 3.73. The van der Waals surface area contributed by atoms with Gasteiger partial charge in [0.05, 0.1) is 18.3 Å². The number of rotatable bonds is 6. The van der Waals surface area contributed by atoms with Crippen LogP contribution in [-0.2, 0) is 11.3 Å². The van der Waals surface area contributed by atoms with Crippen LogP contribution in [0.5, 0.6) is 0 Å². The minimum atomic E-state index is -1.34. The van der Waals surface area contributed by atoms with Crippen molar-refractivity contribution in [2.75, 3.05) is 0 Å². The van der Waals surface area contributed by atoms with E-state index in [9.17, 15) is 14.9 Å². The number of aromatic nitrogens is 2. The van der Waals surface area contributed by atoms with Gasteiger partial charge in [-0.1, -0.05) is 18.2 Å². The molecule has 25 heavy (non-hydrogen) atoms. The molecule has 0 aliphatic heterocycles. The molecule has 1 heterocycles. The van der Waals surface area contributed by atoms with Gasteiger partial charge in [0.15, 0.2) is 11.7 Å². The van der Waals surface area contributed by atoms with Crippen molar-refractivity contribution in [3.63, 3.8) is 0 Å². The standard InChI is InChI=1S/C19H22N4O2/c1-12(2)21-19(25)17(10-20)18(24)16-7-5-6-15(9-16)11-23-14(4)8-13(3)22-23/h5-9,12,17H,11H2,1-4H3,(H,21,25)/t17-/m1/s1. The molecule has 1 amide bonds. The van der Waals surface area contributed by atoms with Crippen LogP contribution in [-0.4, -0.2) is 27.5 Å². The van der Waals surface area contributed by atoms with E-state index in [1.807, 2.05) is 36.7 Å². The highest BCUT2D eigenvalue weighted by Gasteiger charge is 2.28. The molecule has 130 valence electrons. The summed E-state index contributed by atoms with van der Waals surface area (Å²) in [5.74, 6) is -2.39. The molecule has 1 atom stereocenters. The van der Waals surface area contributed by atoms with Gasteiger partial charge in [-0.05, 0) is 45.4 Å². The van der Waals surface area contributed by atoms with Crippen LogP contribution in [0.1, 0.15) is 41.2 Å². The Kier molecular flexibility index (Phi) is 5.71. The van der Waals surface area contributed by atoms with Crippen molar-refractivity contribution in [3.8, 4) is 6.07 Å². The zero-order valence-electron chi connectivity index (χ0n) is 14.9. The lowest BCUT2D eigenvalue weighted by Crippen LogP contribution is -2.38. The number of nitriles is 1. The minimum Gasteiger partial charge on any atom is -0.352 e. The third-order valence-electron chi connectivity index (χ3n) is 3.73. The SMILES string of the molecule is Cc1cc(C)n(Cc2cccc(C(=O)[C@@H](C#N)C(=O)NC(C)C)c2)n1. The van der Waals surface area contributed by atoms with Gasteiger partial charge >= 0.3 is 0 Å². The van der Waals surface area contributed by atoms with Crippen LogP contribution < -0.4 is 5.32 Å². The zero-order valence-corrected chi connectivity index (χ0v) is 14.9. The molecule has 1 N–H and O–H groups in total. The fourth-order valence-corrected chi connectivity index (χ4v) is 2.60. The quantitative estimate of drug-likeness (QED) is 0.647. The average Bonchev–Trinajstić information content (AvgIpc) is 2.85. The number of amides is 1. The Labute approximate surface area is 147 Å². The maximum absolute atomic E-state index is 12.6. The van der Waals surface area contributed by atoms with E-state index in [1.165, 1.54) is 0 Å². The van der Waals surface area contributed by atoms with Crippen molar-refractivity contribution >= 4 is 11.7 Å². The van der Waals surface area contributed by atoms with Gasteiger partial charge in [0.25, 0.3) is 0 Å². The molecule has 1 aromatic carbocycles. The van der Waals surface area contributed by atoms with E-state index in [0.717, 1.165) is 17.0 Å². The molecule has 2 rings (SSSR count). The van der Waals surface area contributed by atoms with Crippen molar-refractivity contribution in [3.05, 3.63) is 52.8 Å². The van der Waals surface area contributed by atoms with Crippen molar-refractivity contribution in [2.24, 2.45) is 5.92 Å². The maximum atomic E-state index is 12.6. The largest absolute Gasteiger partial charge is 0.352 e. The van der Waals surface area contributed by atoms with Crippen LogP contribution in [0, 0.1) is 31.1 Å². The molecule has 6 heteroatoms. The molecule has 0 unspecified atom stereocenters. The Morgan fingerprint density at radius 1 is 1.28 bits per heavy atom. The van der Waals surface area contributed by atoms with Gasteiger partial charge in [-0.3, -0.25) is 14.3 Å². The Morgan fingerprint density at radius 2 is 2.00 bits per heavy atom. The monoisotopic (exact) mass is 338 g/mol. The molecular formula is C19H22N4O2. The van der Waals surface area contributed by atoms with Gasteiger partial charge < -0.3 is 5.32 Å². The number of hydrogen-bond donors (Lipinski definition) is 1. The van der Waals surface area contributed by atoms with Crippen molar-refractivity contribution < 1.29 is 9.59 Å². The molecule has 0 saturated carbocycles. The second-order valence-corrected chi connectivity index (χ2v) is 6.37. The molecule has 0 aliphatic carbocycles. The second-order valence-electron chi connectivity index (χ2n) is 6.37. The van der Waals surface area contributed by atoms with Crippen LogP contribution in [0.25, 0.3) is 0 Å². The van der Waals surface area contributed by atoms with Crippen LogP contribution in [0.4, 0.5) is 0 Å². The molecule has 0 aliphatic rings. The Balaban J connectivity index is 2.22. The predicted molar refractivity (Wildman–Crippen MR) is 94.0 cm³/mol. The summed E-state index contributed by atoms with van der Waals surface area (Å²) in [6.07, 6.45) is 0. The first-order valence-electron chi connectivity index (χ1n) is 8.16. The summed E-state index contributed by atoms with van der Waals surface area (Å²) in [6.45, 7) is 7.99. The first-order chi connectivity index (χ1) is 11.8. The lowest BCUT2D eigenvalue weighted by Gasteiger charge is -2.13. The average molecular weight is 338 g/mol. The summed E-state index contributed by atoms with van der Waals surface area (Å²) in [4.78, 5) is 24.6. The van der Waals surface area contributed by atoms with Gasteiger partial charge in [-0.2, -0.15) is 10.4 Å².